The normalized spacial score (nSPS) is 13.5. The smallest absolute Gasteiger partial charge is 0.119 e. The van der Waals surface area contributed by atoms with Crippen molar-refractivity contribution < 1.29 is 4.74 Å². The second kappa shape index (κ2) is 6.06. The minimum atomic E-state index is 0.163. The third-order valence-electron chi connectivity index (χ3n) is 3.22. The molecule has 17 heavy (non-hydrogen) atoms. The van der Waals surface area contributed by atoms with Crippen molar-refractivity contribution in [2.45, 2.75) is 45.6 Å². The van der Waals surface area contributed by atoms with E-state index < -0.39 is 0 Å². The van der Waals surface area contributed by atoms with E-state index >= 15 is 0 Å². The zero-order valence-electron chi connectivity index (χ0n) is 11.7. The molecule has 0 heterocycles. The van der Waals surface area contributed by atoms with Gasteiger partial charge in [0.05, 0.1) is 7.11 Å². The summed E-state index contributed by atoms with van der Waals surface area (Å²) in [5.74, 6) is 0.937. The van der Waals surface area contributed by atoms with Gasteiger partial charge in [-0.15, -0.1) is 0 Å². The minimum absolute atomic E-state index is 0.163. The molecule has 0 bridgehead atoms. The molecule has 2 heteroatoms. The Bertz CT molecular complexity index is 347. The Balaban J connectivity index is 2.80. The van der Waals surface area contributed by atoms with Gasteiger partial charge in [0.2, 0.25) is 0 Å². The SMILES string of the molecule is CCNC(C)CC(C)(C)c1cccc(OC)c1. The summed E-state index contributed by atoms with van der Waals surface area (Å²) in [5, 5.41) is 3.47. The summed E-state index contributed by atoms with van der Waals surface area (Å²) in [7, 11) is 1.72. The molecular formula is C15H25NO. The van der Waals surface area contributed by atoms with E-state index in [0.717, 1.165) is 18.7 Å². The maximum absolute atomic E-state index is 5.29. The van der Waals surface area contributed by atoms with Crippen molar-refractivity contribution in [3.63, 3.8) is 0 Å². The number of methoxy groups -OCH3 is 1. The molecule has 1 unspecified atom stereocenters. The molecule has 0 aromatic heterocycles. The summed E-state index contributed by atoms with van der Waals surface area (Å²) in [6, 6.07) is 8.90. The van der Waals surface area contributed by atoms with E-state index in [0.29, 0.717) is 6.04 Å². The van der Waals surface area contributed by atoms with Crippen molar-refractivity contribution in [3.8, 4) is 5.75 Å². The zero-order chi connectivity index (χ0) is 12.9. The maximum atomic E-state index is 5.29. The standard InChI is InChI=1S/C15H25NO/c1-6-16-12(2)11-15(3,4)13-8-7-9-14(10-13)17-5/h7-10,12,16H,6,11H2,1-5H3. The van der Waals surface area contributed by atoms with Crippen molar-refractivity contribution in [1.82, 2.24) is 5.32 Å². The van der Waals surface area contributed by atoms with Gasteiger partial charge >= 0.3 is 0 Å². The van der Waals surface area contributed by atoms with Crippen LogP contribution in [0.1, 0.15) is 39.7 Å². The first-order valence-electron chi connectivity index (χ1n) is 6.37. The molecule has 0 fully saturated rings. The third-order valence-corrected chi connectivity index (χ3v) is 3.22. The minimum Gasteiger partial charge on any atom is -0.497 e. The molecule has 96 valence electrons. The molecule has 1 aromatic rings. The monoisotopic (exact) mass is 235 g/mol. The highest BCUT2D eigenvalue weighted by Gasteiger charge is 2.23. The molecule has 0 amide bonds. The Kier molecular flexibility index (Phi) is 5.01. The second-order valence-corrected chi connectivity index (χ2v) is 5.28. The van der Waals surface area contributed by atoms with Crippen molar-refractivity contribution in [2.24, 2.45) is 0 Å². The average Bonchev–Trinajstić information content (AvgIpc) is 2.28. The summed E-state index contributed by atoms with van der Waals surface area (Å²) in [5.41, 5.74) is 1.50. The molecule has 1 atom stereocenters. The van der Waals surface area contributed by atoms with Crippen LogP contribution in [-0.2, 0) is 5.41 Å². The summed E-state index contributed by atoms with van der Waals surface area (Å²) >= 11 is 0. The van der Waals surface area contributed by atoms with Crippen molar-refractivity contribution >= 4 is 0 Å². The van der Waals surface area contributed by atoms with Crippen LogP contribution in [0, 0.1) is 0 Å². The zero-order valence-corrected chi connectivity index (χ0v) is 11.7. The predicted octanol–water partition coefficient (Wildman–Crippen LogP) is 3.36. The van der Waals surface area contributed by atoms with E-state index in [4.69, 9.17) is 4.74 Å². The van der Waals surface area contributed by atoms with Crippen LogP contribution in [0.2, 0.25) is 0 Å². The number of nitrogens with one attached hydrogen (secondary N) is 1. The number of benzene rings is 1. The van der Waals surface area contributed by atoms with Crippen molar-refractivity contribution in [3.05, 3.63) is 29.8 Å². The Morgan fingerprint density at radius 2 is 2.06 bits per heavy atom. The molecule has 0 radical (unpaired) electrons. The predicted molar refractivity (Wildman–Crippen MR) is 73.8 cm³/mol. The lowest BCUT2D eigenvalue weighted by molar-refractivity contribution is 0.387. The Morgan fingerprint density at radius 3 is 2.65 bits per heavy atom. The van der Waals surface area contributed by atoms with E-state index in [1.807, 2.05) is 6.07 Å². The van der Waals surface area contributed by atoms with E-state index in [1.54, 1.807) is 7.11 Å². The highest BCUT2D eigenvalue weighted by molar-refractivity contribution is 5.33. The lowest BCUT2D eigenvalue weighted by Crippen LogP contribution is -2.33. The van der Waals surface area contributed by atoms with Crippen LogP contribution in [0.15, 0.2) is 24.3 Å². The van der Waals surface area contributed by atoms with Gasteiger partial charge < -0.3 is 10.1 Å². The fraction of sp³-hybridized carbons (Fsp3) is 0.600. The molecule has 1 rings (SSSR count). The number of ether oxygens (including phenoxy) is 1. The number of hydrogen-bond donors (Lipinski definition) is 1. The molecule has 0 saturated carbocycles. The van der Waals surface area contributed by atoms with Gasteiger partial charge in [-0.3, -0.25) is 0 Å². The summed E-state index contributed by atoms with van der Waals surface area (Å²) in [6.45, 7) is 9.99. The first kappa shape index (κ1) is 14.0. The van der Waals surface area contributed by atoms with Crippen molar-refractivity contribution in [1.29, 1.82) is 0 Å². The highest BCUT2D eigenvalue weighted by Crippen LogP contribution is 2.30. The molecule has 2 nitrogen and oxygen atoms in total. The quantitative estimate of drug-likeness (QED) is 0.816. The molecule has 0 aliphatic heterocycles. The highest BCUT2D eigenvalue weighted by atomic mass is 16.5. The molecule has 1 aromatic carbocycles. The van der Waals surface area contributed by atoms with Crippen LogP contribution in [0.3, 0.4) is 0 Å². The van der Waals surface area contributed by atoms with E-state index in [-0.39, 0.29) is 5.41 Å². The lowest BCUT2D eigenvalue weighted by Gasteiger charge is -2.29. The topological polar surface area (TPSA) is 21.3 Å². The maximum Gasteiger partial charge on any atom is 0.119 e. The first-order valence-corrected chi connectivity index (χ1v) is 6.37. The largest absolute Gasteiger partial charge is 0.497 e. The lowest BCUT2D eigenvalue weighted by atomic mass is 9.79. The van der Waals surface area contributed by atoms with Gasteiger partial charge in [0.1, 0.15) is 5.75 Å². The van der Waals surface area contributed by atoms with Crippen LogP contribution in [-0.4, -0.2) is 19.7 Å². The van der Waals surface area contributed by atoms with Crippen LogP contribution in [0.25, 0.3) is 0 Å². The van der Waals surface area contributed by atoms with E-state index in [2.05, 4.69) is 51.2 Å². The van der Waals surface area contributed by atoms with Crippen LogP contribution >= 0.6 is 0 Å². The van der Waals surface area contributed by atoms with Gasteiger partial charge in [-0.25, -0.2) is 0 Å². The van der Waals surface area contributed by atoms with Gasteiger partial charge in [-0.1, -0.05) is 32.9 Å². The summed E-state index contributed by atoms with van der Waals surface area (Å²) < 4.78 is 5.29. The van der Waals surface area contributed by atoms with Gasteiger partial charge in [0.25, 0.3) is 0 Å². The van der Waals surface area contributed by atoms with Gasteiger partial charge in [0.15, 0.2) is 0 Å². The summed E-state index contributed by atoms with van der Waals surface area (Å²) in [4.78, 5) is 0. The molecule has 0 aliphatic carbocycles. The van der Waals surface area contributed by atoms with Crippen LogP contribution in [0.4, 0.5) is 0 Å². The summed E-state index contributed by atoms with van der Waals surface area (Å²) in [6.07, 6.45) is 1.12. The molecular weight excluding hydrogens is 210 g/mol. The second-order valence-electron chi connectivity index (χ2n) is 5.28. The van der Waals surface area contributed by atoms with Crippen LogP contribution < -0.4 is 10.1 Å². The third kappa shape index (κ3) is 4.04. The molecule has 0 spiro atoms. The van der Waals surface area contributed by atoms with Gasteiger partial charge in [-0.05, 0) is 43.0 Å². The Hall–Kier alpha value is -1.02. The van der Waals surface area contributed by atoms with Gasteiger partial charge in [-0.2, -0.15) is 0 Å². The molecule has 0 saturated heterocycles. The van der Waals surface area contributed by atoms with E-state index in [9.17, 15) is 0 Å². The van der Waals surface area contributed by atoms with E-state index in [1.165, 1.54) is 5.56 Å². The van der Waals surface area contributed by atoms with Crippen LogP contribution in [0.5, 0.6) is 5.75 Å². The van der Waals surface area contributed by atoms with Gasteiger partial charge in [0, 0.05) is 6.04 Å². The number of hydrogen-bond acceptors (Lipinski definition) is 2. The first-order chi connectivity index (χ1) is 7.99. The molecule has 1 N–H and O–H groups in total. The average molecular weight is 235 g/mol. The fourth-order valence-corrected chi connectivity index (χ4v) is 2.35. The van der Waals surface area contributed by atoms with Crippen molar-refractivity contribution in [2.75, 3.05) is 13.7 Å². The Morgan fingerprint density at radius 1 is 1.35 bits per heavy atom. The Labute approximate surface area is 105 Å². The fourth-order valence-electron chi connectivity index (χ4n) is 2.35. The number of rotatable bonds is 6. The molecule has 0 aliphatic rings.